The fourth-order valence-corrected chi connectivity index (χ4v) is 3.87. The molecule has 174 valence electrons. The maximum absolute atomic E-state index is 12.7. The number of nitrogens with zero attached hydrogens (tertiary/aromatic N) is 4. The average molecular weight is 451 g/mol. The molecule has 0 unspecified atom stereocenters. The molecule has 2 aliphatic rings. The van der Waals surface area contributed by atoms with Gasteiger partial charge in [0.25, 0.3) is 0 Å². The smallest absolute Gasteiger partial charge is 0.410 e. The average Bonchev–Trinajstić information content (AvgIpc) is 3.23. The Bertz CT molecular complexity index is 1050. The number of hydrogen-bond acceptors (Lipinski definition) is 6. The van der Waals surface area contributed by atoms with Crippen molar-refractivity contribution in [3.63, 3.8) is 0 Å². The third-order valence-electron chi connectivity index (χ3n) is 5.47. The molecule has 0 N–H and O–H groups in total. The molecule has 1 atom stereocenters. The standard InChI is InChI=1S/C25H30N4O4/c1-25(2,3)33-24(30)28-13-6-7-19(16-28)23-21(32-20-11-9-18(15-26)10-12-20)17-29(27-23)22-8-4-5-14-31-22/h7,9-12,17,22H,4-6,8,13-14,16H2,1-3H3/t22-/m1/s1. The van der Waals surface area contributed by atoms with Crippen LogP contribution in [0, 0.1) is 11.3 Å². The number of rotatable bonds is 4. The first-order valence-corrected chi connectivity index (χ1v) is 11.4. The Morgan fingerprint density at radius 3 is 2.70 bits per heavy atom. The lowest BCUT2D eigenvalue weighted by atomic mass is 10.1. The molecule has 4 rings (SSSR count). The predicted octanol–water partition coefficient (Wildman–Crippen LogP) is 5.27. The first kappa shape index (κ1) is 22.9. The molecule has 33 heavy (non-hydrogen) atoms. The molecular formula is C25H30N4O4. The number of carbonyl (C=O) groups excluding carboxylic acids is 1. The molecule has 8 nitrogen and oxygen atoms in total. The quantitative estimate of drug-likeness (QED) is 0.630. The van der Waals surface area contributed by atoms with Gasteiger partial charge >= 0.3 is 6.09 Å². The van der Waals surface area contributed by atoms with Crippen LogP contribution in [-0.2, 0) is 9.47 Å². The van der Waals surface area contributed by atoms with E-state index in [9.17, 15) is 4.79 Å². The van der Waals surface area contributed by atoms with E-state index < -0.39 is 5.60 Å². The van der Waals surface area contributed by atoms with E-state index in [1.54, 1.807) is 29.2 Å². The summed E-state index contributed by atoms with van der Waals surface area (Å²) in [5.41, 5.74) is 1.60. The maximum atomic E-state index is 12.7. The van der Waals surface area contributed by atoms with Crippen molar-refractivity contribution in [3.05, 3.63) is 47.8 Å². The van der Waals surface area contributed by atoms with Crippen LogP contribution < -0.4 is 4.74 Å². The second kappa shape index (κ2) is 9.67. The highest BCUT2D eigenvalue weighted by Crippen LogP contribution is 2.34. The van der Waals surface area contributed by atoms with Crippen LogP contribution in [0.3, 0.4) is 0 Å². The Hall–Kier alpha value is -3.31. The van der Waals surface area contributed by atoms with Crippen LogP contribution in [0.4, 0.5) is 4.79 Å². The van der Waals surface area contributed by atoms with E-state index in [2.05, 4.69) is 12.1 Å². The first-order chi connectivity index (χ1) is 15.8. The zero-order chi connectivity index (χ0) is 23.4. The fourth-order valence-electron chi connectivity index (χ4n) is 3.87. The van der Waals surface area contributed by atoms with E-state index in [-0.39, 0.29) is 12.3 Å². The number of benzene rings is 1. The van der Waals surface area contributed by atoms with E-state index in [4.69, 9.17) is 24.6 Å². The summed E-state index contributed by atoms with van der Waals surface area (Å²) in [5.74, 6) is 1.20. The number of carbonyl (C=O) groups is 1. The van der Waals surface area contributed by atoms with Gasteiger partial charge in [-0.1, -0.05) is 6.08 Å². The van der Waals surface area contributed by atoms with E-state index in [0.29, 0.717) is 48.9 Å². The van der Waals surface area contributed by atoms with Crippen molar-refractivity contribution in [2.75, 3.05) is 19.7 Å². The van der Waals surface area contributed by atoms with Gasteiger partial charge in [0.15, 0.2) is 5.75 Å². The molecule has 8 heteroatoms. The SMILES string of the molecule is CC(C)(C)OC(=O)N1CCC=C(c2nn([C@H]3CCCCO3)cc2Oc2ccc(C#N)cc2)C1. The van der Waals surface area contributed by atoms with E-state index in [1.165, 1.54) is 0 Å². The second-order valence-electron chi connectivity index (χ2n) is 9.30. The summed E-state index contributed by atoms with van der Waals surface area (Å²) in [5, 5.41) is 13.9. The molecule has 1 aromatic heterocycles. The lowest BCUT2D eigenvalue weighted by Crippen LogP contribution is -2.39. The molecule has 0 radical (unpaired) electrons. The number of amides is 1. The number of ether oxygens (including phenoxy) is 3. The summed E-state index contributed by atoms with van der Waals surface area (Å²) >= 11 is 0. The molecule has 1 fully saturated rings. The Morgan fingerprint density at radius 1 is 1.24 bits per heavy atom. The summed E-state index contributed by atoms with van der Waals surface area (Å²) in [4.78, 5) is 14.3. The minimum atomic E-state index is -0.553. The van der Waals surface area contributed by atoms with Crippen molar-refractivity contribution >= 4 is 11.7 Å². The van der Waals surface area contributed by atoms with Crippen LogP contribution in [0.5, 0.6) is 11.5 Å². The van der Waals surface area contributed by atoms with Gasteiger partial charge in [-0.15, -0.1) is 0 Å². The molecule has 1 saturated heterocycles. The predicted molar refractivity (Wildman–Crippen MR) is 123 cm³/mol. The molecule has 0 bridgehead atoms. The Morgan fingerprint density at radius 2 is 2.03 bits per heavy atom. The van der Waals surface area contributed by atoms with Crippen LogP contribution >= 0.6 is 0 Å². The van der Waals surface area contributed by atoms with E-state index >= 15 is 0 Å². The number of nitriles is 1. The van der Waals surface area contributed by atoms with Gasteiger partial charge in [0.1, 0.15) is 23.3 Å². The third kappa shape index (κ3) is 5.74. The molecule has 3 heterocycles. The number of aromatic nitrogens is 2. The lowest BCUT2D eigenvalue weighted by Gasteiger charge is -2.30. The number of hydrogen-bond donors (Lipinski definition) is 0. The Kier molecular flexibility index (Phi) is 6.70. The van der Waals surface area contributed by atoms with Gasteiger partial charge in [-0.2, -0.15) is 10.4 Å². The maximum Gasteiger partial charge on any atom is 0.410 e. The van der Waals surface area contributed by atoms with Crippen molar-refractivity contribution in [1.29, 1.82) is 5.26 Å². The normalized spacial score (nSPS) is 18.9. The van der Waals surface area contributed by atoms with Gasteiger partial charge < -0.3 is 19.1 Å². The van der Waals surface area contributed by atoms with Crippen LogP contribution in [0.15, 0.2) is 36.5 Å². The Labute approximate surface area is 194 Å². The van der Waals surface area contributed by atoms with Gasteiger partial charge in [0.2, 0.25) is 0 Å². The molecule has 0 spiro atoms. The van der Waals surface area contributed by atoms with Gasteiger partial charge in [0.05, 0.1) is 24.4 Å². The lowest BCUT2D eigenvalue weighted by molar-refractivity contribution is -0.0396. The molecular weight excluding hydrogens is 420 g/mol. The highest BCUT2D eigenvalue weighted by atomic mass is 16.6. The largest absolute Gasteiger partial charge is 0.453 e. The third-order valence-corrected chi connectivity index (χ3v) is 5.47. The molecule has 1 amide bonds. The van der Waals surface area contributed by atoms with Crippen LogP contribution in [0.25, 0.3) is 5.57 Å². The zero-order valence-electron chi connectivity index (χ0n) is 19.4. The van der Waals surface area contributed by atoms with E-state index in [0.717, 1.165) is 24.8 Å². The summed E-state index contributed by atoms with van der Waals surface area (Å²) in [6.07, 6.45) is 7.21. The minimum Gasteiger partial charge on any atom is -0.453 e. The Balaban J connectivity index is 1.60. The van der Waals surface area contributed by atoms with Crippen molar-refractivity contribution in [1.82, 2.24) is 14.7 Å². The van der Waals surface area contributed by atoms with Crippen LogP contribution in [0.2, 0.25) is 0 Å². The van der Waals surface area contributed by atoms with Crippen molar-refractivity contribution in [2.45, 2.75) is 58.3 Å². The monoisotopic (exact) mass is 450 g/mol. The molecule has 2 aromatic rings. The van der Waals surface area contributed by atoms with Gasteiger partial charge in [0, 0.05) is 13.2 Å². The molecule has 1 aromatic carbocycles. The van der Waals surface area contributed by atoms with E-state index in [1.807, 2.05) is 31.6 Å². The summed E-state index contributed by atoms with van der Waals surface area (Å²) in [6, 6.07) is 9.07. The van der Waals surface area contributed by atoms with Crippen molar-refractivity contribution in [3.8, 4) is 17.6 Å². The molecule has 2 aliphatic heterocycles. The van der Waals surface area contributed by atoms with Crippen molar-refractivity contribution < 1.29 is 19.0 Å². The van der Waals surface area contributed by atoms with Crippen LogP contribution in [-0.4, -0.2) is 46.1 Å². The molecule has 0 saturated carbocycles. The van der Waals surface area contributed by atoms with Gasteiger partial charge in [-0.25, -0.2) is 9.48 Å². The highest BCUT2D eigenvalue weighted by Gasteiger charge is 2.28. The summed E-state index contributed by atoms with van der Waals surface area (Å²) in [6.45, 7) is 7.28. The minimum absolute atomic E-state index is 0.137. The summed E-state index contributed by atoms with van der Waals surface area (Å²) < 4.78 is 19.5. The topological polar surface area (TPSA) is 89.6 Å². The highest BCUT2D eigenvalue weighted by molar-refractivity contribution is 5.76. The first-order valence-electron chi connectivity index (χ1n) is 11.4. The fraction of sp³-hybridized carbons (Fsp3) is 0.480. The van der Waals surface area contributed by atoms with Crippen molar-refractivity contribution in [2.24, 2.45) is 0 Å². The zero-order valence-corrected chi connectivity index (χ0v) is 19.4. The van der Waals surface area contributed by atoms with Gasteiger partial charge in [-0.05, 0) is 76.3 Å². The molecule has 0 aliphatic carbocycles. The van der Waals surface area contributed by atoms with Gasteiger partial charge in [-0.3, -0.25) is 0 Å². The summed E-state index contributed by atoms with van der Waals surface area (Å²) in [7, 11) is 0. The second-order valence-corrected chi connectivity index (χ2v) is 9.30. The van der Waals surface area contributed by atoms with Crippen LogP contribution in [0.1, 0.15) is 63.9 Å².